The van der Waals surface area contributed by atoms with Crippen LogP contribution in [0.15, 0.2) is 12.3 Å². The zero-order chi connectivity index (χ0) is 9.14. The number of carboxylic acids is 1. The summed E-state index contributed by atoms with van der Waals surface area (Å²) in [6.07, 6.45) is 0.636. The van der Waals surface area contributed by atoms with Gasteiger partial charge in [-0.2, -0.15) is 4.39 Å². The van der Waals surface area contributed by atoms with Gasteiger partial charge >= 0.3 is 5.97 Å². The Balaban J connectivity index is 2.89. The van der Waals surface area contributed by atoms with Crippen LogP contribution in [0.1, 0.15) is 5.56 Å². The maximum atomic E-state index is 12.4. The first kappa shape index (κ1) is 8.58. The summed E-state index contributed by atoms with van der Waals surface area (Å²) < 4.78 is 24.6. The van der Waals surface area contributed by atoms with Crippen LogP contribution in [0.4, 0.5) is 8.78 Å². The Morgan fingerprint density at radius 3 is 2.75 bits per heavy atom. The Hall–Kier alpha value is -1.52. The molecule has 1 aromatic heterocycles. The minimum atomic E-state index is -1.22. The van der Waals surface area contributed by atoms with E-state index in [1.54, 1.807) is 0 Å². The molecular weight excluding hydrogens is 168 g/mol. The van der Waals surface area contributed by atoms with E-state index in [2.05, 4.69) is 4.98 Å². The zero-order valence-corrected chi connectivity index (χ0v) is 5.92. The molecule has 0 aliphatic rings. The lowest BCUT2D eigenvalue weighted by Crippen LogP contribution is -2.02. The van der Waals surface area contributed by atoms with Crippen molar-refractivity contribution in [2.75, 3.05) is 0 Å². The maximum absolute atomic E-state index is 12.4. The average Bonchev–Trinajstić information content (AvgIpc) is 1.96. The van der Waals surface area contributed by atoms with Crippen LogP contribution in [0.25, 0.3) is 0 Å². The predicted octanol–water partition coefficient (Wildman–Crippen LogP) is 0.987. The third-order valence-corrected chi connectivity index (χ3v) is 1.21. The average molecular weight is 173 g/mol. The SMILES string of the molecule is O=C(O)Cc1cnc(F)c(F)c1. The van der Waals surface area contributed by atoms with Crippen molar-refractivity contribution >= 4 is 5.97 Å². The predicted molar refractivity (Wildman–Crippen MR) is 35.5 cm³/mol. The van der Waals surface area contributed by atoms with Crippen LogP contribution in [0.3, 0.4) is 0 Å². The quantitative estimate of drug-likeness (QED) is 0.678. The number of carboxylic acid groups (broad SMARTS) is 1. The lowest BCUT2D eigenvalue weighted by Gasteiger charge is -1.96. The maximum Gasteiger partial charge on any atom is 0.307 e. The van der Waals surface area contributed by atoms with E-state index in [9.17, 15) is 13.6 Å². The second-order valence-corrected chi connectivity index (χ2v) is 2.19. The van der Waals surface area contributed by atoms with E-state index in [-0.39, 0.29) is 12.0 Å². The van der Waals surface area contributed by atoms with Crippen LogP contribution in [0.2, 0.25) is 0 Å². The first-order valence-electron chi connectivity index (χ1n) is 3.11. The molecule has 64 valence electrons. The molecule has 0 fully saturated rings. The molecule has 3 nitrogen and oxygen atoms in total. The largest absolute Gasteiger partial charge is 0.481 e. The first-order chi connectivity index (χ1) is 5.59. The number of nitrogens with zero attached hydrogens (tertiary/aromatic N) is 1. The fraction of sp³-hybridized carbons (Fsp3) is 0.143. The van der Waals surface area contributed by atoms with Crippen molar-refractivity contribution in [2.45, 2.75) is 6.42 Å². The lowest BCUT2D eigenvalue weighted by atomic mass is 10.2. The fourth-order valence-electron chi connectivity index (χ4n) is 0.732. The van der Waals surface area contributed by atoms with E-state index in [0.29, 0.717) is 0 Å². The van der Waals surface area contributed by atoms with E-state index in [1.165, 1.54) is 0 Å². The van der Waals surface area contributed by atoms with Gasteiger partial charge in [-0.25, -0.2) is 9.37 Å². The summed E-state index contributed by atoms with van der Waals surface area (Å²) >= 11 is 0. The van der Waals surface area contributed by atoms with Crippen LogP contribution in [-0.2, 0) is 11.2 Å². The van der Waals surface area contributed by atoms with Gasteiger partial charge in [-0.1, -0.05) is 0 Å². The van der Waals surface area contributed by atoms with Gasteiger partial charge in [-0.15, -0.1) is 0 Å². The van der Waals surface area contributed by atoms with Gasteiger partial charge < -0.3 is 5.11 Å². The summed E-state index contributed by atoms with van der Waals surface area (Å²) in [4.78, 5) is 13.1. The second-order valence-electron chi connectivity index (χ2n) is 2.19. The Morgan fingerprint density at radius 1 is 1.58 bits per heavy atom. The van der Waals surface area contributed by atoms with Crippen molar-refractivity contribution in [3.8, 4) is 0 Å². The molecule has 0 atom stereocenters. The van der Waals surface area contributed by atoms with Crippen LogP contribution < -0.4 is 0 Å². The summed E-state index contributed by atoms with van der Waals surface area (Å²) in [5.41, 5.74) is 0.140. The van der Waals surface area contributed by atoms with Crippen LogP contribution in [0, 0.1) is 11.8 Å². The summed E-state index contributed by atoms with van der Waals surface area (Å²) in [7, 11) is 0. The zero-order valence-electron chi connectivity index (χ0n) is 5.92. The summed E-state index contributed by atoms with van der Waals surface area (Å²) in [5, 5.41) is 8.28. The van der Waals surface area contributed by atoms with Crippen molar-refractivity contribution in [1.29, 1.82) is 0 Å². The molecule has 1 rings (SSSR count). The van der Waals surface area contributed by atoms with E-state index in [4.69, 9.17) is 5.11 Å². The van der Waals surface area contributed by atoms with Crippen molar-refractivity contribution in [3.63, 3.8) is 0 Å². The third kappa shape index (κ3) is 1.98. The van der Waals surface area contributed by atoms with Crippen LogP contribution in [-0.4, -0.2) is 16.1 Å². The fourth-order valence-corrected chi connectivity index (χ4v) is 0.732. The van der Waals surface area contributed by atoms with E-state index >= 15 is 0 Å². The van der Waals surface area contributed by atoms with Gasteiger partial charge in [0.1, 0.15) is 0 Å². The van der Waals surface area contributed by atoms with Gasteiger partial charge in [-0.05, 0) is 11.6 Å². The number of hydrogen-bond donors (Lipinski definition) is 1. The molecule has 0 aliphatic carbocycles. The molecule has 1 N–H and O–H groups in total. The van der Waals surface area contributed by atoms with Crippen molar-refractivity contribution < 1.29 is 18.7 Å². The van der Waals surface area contributed by atoms with Gasteiger partial charge in [0.15, 0.2) is 5.82 Å². The molecule has 0 saturated heterocycles. The molecule has 12 heavy (non-hydrogen) atoms. The van der Waals surface area contributed by atoms with Gasteiger partial charge in [0.2, 0.25) is 5.95 Å². The first-order valence-corrected chi connectivity index (χ1v) is 3.11. The van der Waals surface area contributed by atoms with Crippen molar-refractivity contribution in [2.24, 2.45) is 0 Å². The number of hydrogen-bond acceptors (Lipinski definition) is 2. The molecule has 0 saturated carbocycles. The molecule has 0 amide bonds. The standard InChI is InChI=1S/C7H5F2NO2/c8-5-1-4(2-6(11)12)3-10-7(5)9/h1,3H,2H2,(H,11,12). The number of carbonyl (C=O) groups is 1. The lowest BCUT2D eigenvalue weighted by molar-refractivity contribution is -0.136. The molecule has 0 unspecified atom stereocenters. The number of halogens is 2. The highest BCUT2D eigenvalue weighted by atomic mass is 19.2. The third-order valence-electron chi connectivity index (χ3n) is 1.21. The highest BCUT2D eigenvalue weighted by Crippen LogP contribution is 2.05. The van der Waals surface area contributed by atoms with Crippen LogP contribution in [0.5, 0.6) is 0 Å². The Kier molecular flexibility index (Phi) is 2.32. The highest BCUT2D eigenvalue weighted by molar-refractivity contribution is 5.69. The number of pyridine rings is 1. The second kappa shape index (κ2) is 3.25. The monoisotopic (exact) mass is 173 g/mol. The molecule has 0 bridgehead atoms. The Morgan fingerprint density at radius 2 is 2.25 bits per heavy atom. The smallest absolute Gasteiger partial charge is 0.307 e. The molecule has 1 aromatic rings. The highest BCUT2D eigenvalue weighted by Gasteiger charge is 2.06. The molecule has 0 aliphatic heterocycles. The minimum absolute atomic E-state index is 0.140. The normalized spacial score (nSPS) is 9.83. The summed E-state index contributed by atoms with van der Waals surface area (Å²) in [6.45, 7) is 0. The molecular formula is C7H5F2NO2. The Bertz CT molecular complexity index is 314. The van der Waals surface area contributed by atoms with Gasteiger partial charge in [-0.3, -0.25) is 4.79 Å². The van der Waals surface area contributed by atoms with Gasteiger partial charge in [0.25, 0.3) is 0 Å². The molecule has 1 heterocycles. The topological polar surface area (TPSA) is 50.2 Å². The number of rotatable bonds is 2. The van der Waals surface area contributed by atoms with Gasteiger partial charge in [0.05, 0.1) is 6.42 Å². The van der Waals surface area contributed by atoms with Gasteiger partial charge in [0, 0.05) is 6.20 Å². The van der Waals surface area contributed by atoms with E-state index in [1.807, 2.05) is 0 Å². The minimum Gasteiger partial charge on any atom is -0.481 e. The molecule has 0 radical (unpaired) electrons. The Labute approximate surface area is 66.7 Å². The molecule has 5 heteroatoms. The summed E-state index contributed by atoms with van der Waals surface area (Å²) in [5.74, 6) is -3.46. The number of aliphatic carboxylic acids is 1. The van der Waals surface area contributed by atoms with E-state index in [0.717, 1.165) is 12.3 Å². The van der Waals surface area contributed by atoms with Crippen molar-refractivity contribution in [1.82, 2.24) is 4.98 Å². The van der Waals surface area contributed by atoms with Crippen LogP contribution >= 0.6 is 0 Å². The van der Waals surface area contributed by atoms with Crippen molar-refractivity contribution in [3.05, 3.63) is 29.6 Å². The van der Waals surface area contributed by atoms with E-state index < -0.39 is 17.7 Å². The number of aromatic nitrogens is 1. The molecule has 0 aromatic carbocycles. The summed E-state index contributed by atoms with van der Waals surface area (Å²) in [6, 6.07) is 0.816. The molecule has 0 spiro atoms.